The highest BCUT2D eigenvalue weighted by atomic mass is 35.5. The summed E-state index contributed by atoms with van der Waals surface area (Å²) in [5, 5.41) is 3.86. The molecule has 0 aliphatic carbocycles. The van der Waals surface area contributed by atoms with E-state index in [0.29, 0.717) is 24.9 Å². The number of ether oxygens (including phenoxy) is 1. The summed E-state index contributed by atoms with van der Waals surface area (Å²) in [6, 6.07) is 7.73. The van der Waals surface area contributed by atoms with Crippen LogP contribution in [0.15, 0.2) is 28.8 Å². The van der Waals surface area contributed by atoms with Crippen molar-refractivity contribution in [1.29, 1.82) is 0 Å². The molecule has 6 heteroatoms. The van der Waals surface area contributed by atoms with Crippen LogP contribution in [0.25, 0.3) is 11.4 Å². The number of benzene rings is 1. The molecule has 2 aromatic rings. The maximum absolute atomic E-state index is 5.52. The Labute approximate surface area is 105 Å². The molecule has 5 nitrogen and oxygen atoms in total. The Balaban J connectivity index is 0.00000144. The van der Waals surface area contributed by atoms with Crippen LogP contribution < -0.4 is 5.73 Å². The van der Waals surface area contributed by atoms with Crippen molar-refractivity contribution < 1.29 is 9.26 Å². The second-order valence-corrected chi connectivity index (χ2v) is 3.35. The Morgan fingerprint density at radius 3 is 2.59 bits per heavy atom. The Morgan fingerprint density at radius 2 is 2.00 bits per heavy atom. The highest BCUT2D eigenvalue weighted by molar-refractivity contribution is 5.85. The number of hydrogen-bond acceptors (Lipinski definition) is 5. The van der Waals surface area contributed by atoms with Gasteiger partial charge >= 0.3 is 0 Å². The first-order chi connectivity index (χ1) is 7.83. The second kappa shape index (κ2) is 6.34. The molecular formula is C11H14ClN3O2. The van der Waals surface area contributed by atoms with Gasteiger partial charge in [0.1, 0.15) is 6.61 Å². The number of halogens is 1. The van der Waals surface area contributed by atoms with E-state index >= 15 is 0 Å². The molecule has 0 saturated heterocycles. The zero-order valence-corrected chi connectivity index (χ0v) is 10.2. The summed E-state index contributed by atoms with van der Waals surface area (Å²) in [6.45, 7) is 0.856. The minimum absolute atomic E-state index is 0. The van der Waals surface area contributed by atoms with E-state index in [0.717, 1.165) is 11.1 Å². The fourth-order valence-electron chi connectivity index (χ4n) is 1.34. The van der Waals surface area contributed by atoms with Crippen LogP contribution in [0, 0.1) is 0 Å². The van der Waals surface area contributed by atoms with Crippen molar-refractivity contribution in [2.75, 3.05) is 7.11 Å². The normalized spacial score (nSPS) is 10.0. The van der Waals surface area contributed by atoms with E-state index in [1.54, 1.807) is 7.11 Å². The molecule has 2 N–H and O–H groups in total. The maximum atomic E-state index is 5.52. The Morgan fingerprint density at radius 1 is 1.29 bits per heavy atom. The van der Waals surface area contributed by atoms with Gasteiger partial charge in [0, 0.05) is 19.2 Å². The molecule has 0 aliphatic rings. The lowest BCUT2D eigenvalue weighted by molar-refractivity contribution is 0.151. The summed E-state index contributed by atoms with van der Waals surface area (Å²) in [5.41, 5.74) is 7.50. The van der Waals surface area contributed by atoms with E-state index < -0.39 is 0 Å². The molecule has 92 valence electrons. The van der Waals surface area contributed by atoms with Crippen LogP contribution >= 0.6 is 12.4 Å². The number of nitrogens with zero attached hydrogens (tertiary/aromatic N) is 2. The number of hydrogen-bond donors (Lipinski definition) is 1. The molecule has 2 rings (SSSR count). The topological polar surface area (TPSA) is 74.2 Å². The van der Waals surface area contributed by atoms with Gasteiger partial charge in [-0.25, -0.2) is 0 Å². The average Bonchev–Trinajstić information content (AvgIpc) is 2.78. The first-order valence-electron chi connectivity index (χ1n) is 4.94. The molecule has 0 spiro atoms. The highest BCUT2D eigenvalue weighted by Gasteiger charge is 2.07. The van der Waals surface area contributed by atoms with E-state index in [9.17, 15) is 0 Å². The first-order valence-corrected chi connectivity index (χ1v) is 4.94. The van der Waals surface area contributed by atoms with Crippen LogP contribution in [0.2, 0.25) is 0 Å². The molecule has 0 unspecified atom stereocenters. The fraction of sp³-hybridized carbons (Fsp3) is 0.273. The average molecular weight is 256 g/mol. The van der Waals surface area contributed by atoms with Crippen molar-refractivity contribution in [3.05, 3.63) is 35.7 Å². The molecule has 1 heterocycles. The number of nitrogens with two attached hydrogens (primary N) is 1. The molecule has 0 saturated carbocycles. The van der Waals surface area contributed by atoms with E-state index in [4.69, 9.17) is 15.0 Å². The predicted molar refractivity (Wildman–Crippen MR) is 65.6 cm³/mol. The van der Waals surface area contributed by atoms with Gasteiger partial charge in [0.15, 0.2) is 0 Å². The molecule has 0 radical (unpaired) electrons. The van der Waals surface area contributed by atoms with Gasteiger partial charge in [-0.1, -0.05) is 29.4 Å². The van der Waals surface area contributed by atoms with Crippen molar-refractivity contribution in [3.63, 3.8) is 0 Å². The maximum Gasteiger partial charge on any atom is 0.252 e. The van der Waals surface area contributed by atoms with Crippen molar-refractivity contribution in [1.82, 2.24) is 10.1 Å². The number of aromatic nitrogens is 2. The van der Waals surface area contributed by atoms with E-state index in [2.05, 4.69) is 10.1 Å². The van der Waals surface area contributed by atoms with Crippen molar-refractivity contribution in [2.24, 2.45) is 5.73 Å². The van der Waals surface area contributed by atoms with E-state index in [1.165, 1.54) is 0 Å². The van der Waals surface area contributed by atoms with Gasteiger partial charge in [0.2, 0.25) is 5.82 Å². The molecule has 1 aromatic heterocycles. The lowest BCUT2D eigenvalue weighted by Gasteiger charge is -1.97. The fourth-order valence-corrected chi connectivity index (χ4v) is 1.34. The van der Waals surface area contributed by atoms with Crippen LogP contribution in [0.3, 0.4) is 0 Å². The van der Waals surface area contributed by atoms with Gasteiger partial charge in [-0.2, -0.15) is 4.98 Å². The summed E-state index contributed by atoms with van der Waals surface area (Å²) in [7, 11) is 1.58. The third-order valence-corrected chi connectivity index (χ3v) is 2.18. The standard InChI is InChI=1S/C11H13N3O2.ClH/c1-15-7-10-13-11(14-16-10)9-4-2-8(6-12)3-5-9;/h2-5H,6-7,12H2,1H3;1H. The van der Waals surface area contributed by atoms with Crippen LogP contribution in [-0.4, -0.2) is 17.3 Å². The predicted octanol–water partition coefficient (Wildman–Crippen LogP) is 1.76. The van der Waals surface area contributed by atoms with E-state index in [-0.39, 0.29) is 12.4 Å². The smallest absolute Gasteiger partial charge is 0.252 e. The third kappa shape index (κ3) is 3.26. The Bertz CT molecular complexity index is 456. The highest BCUT2D eigenvalue weighted by Crippen LogP contribution is 2.16. The monoisotopic (exact) mass is 255 g/mol. The van der Waals surface area contributed by atoms with E-state index in [1.807, 2.05) is 24.3 Å². The van der Waals surface area contributed by atoms with Gasteiger partial charge < -0.3 is 15.0 Å². The zero-order valence-electron chi connectivity index (χ0n) is 9.42. The molecular weight excluding hydrogens is 242 g/mol. The summed E-state index contributed by atoms with van der Waals surface area (Å²) >= 11 is 0. The lowest BCUT2D eigenvalue weighted by atomic mass is 10.1. The molecule has 0 fully saturated rings. The molecule has 0 amide bonds. The summed E-state index contributed by atoms with van der Waals surface area (Å²) in [6.07, 6.45) is 0. The summed E-state index contributed by atoms with van der Waals surface area (Å²) < 4.78 is 9.91. The van der Waals surface area contributed by atoms with Crippen molar-refractivity contribution in [2.45, 2.75) is 13.2 Å². The van der Waals surface area contributed by atoms with Crippen molar-refractivity contribution in [3.8, 4) is 11.4 Å². The quantitative estimate of drug-likeness (QED) is 0.901. The van der Waals surface area contributed by atoms with Crippen LogP contribution in [0.5, 0.6) is 0 Å². The molecule has 17 heavy (non-hydrogen) atoms. The van der Waals surface area contributed by atoms with Crippen LogP contribution in [-0.2, 0) is 17.9 Å². The van der Waals surface area contributed by atoms with Gasteiger partial charge in [0.25, 0.3) is 5.89 Å². The molecule has 0 aliphatic heterocycles. The van der Waals surface area contributed by atoms with Gasteiger partial charge in [-0.3, -0.25) is 0 Å². The largest absolute Gasteiger partial charge is 0.375 e. The van der Waals surface area contributed by atoms with Gasteiger partial charge in [-0.05, 0) is 5.56 Å². The molecule has 0 atom stereocenters. The Hall–Kier alpha value is -1.43. The molecule has 1 aromatic carbocycles. The van der Waals surface area contributed by atoms with Gasteiger partial charge in [-0.15, -0.1) is 12.4 Å². The van der Waals surface area contributed by atoms with Crippen LogP contribution in [0.1, 0.15) is 11.5 Å². The number of methoxy groups -OCH3 is 1. The second-order valence-electron chi connectivity index (χ2n) is 3.35. The lowest BCUT2D eigenvalue weighted by Crippen LogP contribution is -1.95. The zero-order chi connectivity index (χ0) is 11.4. The Kier molecular flexibility index (Phi) is 5.09. The van der Waals surface area contributed by atoms with Crippen LogP contribution in [0.4, 0.5) is 0 Å². The summed E-state index contributed by atoms with van der Waals surface area (Å²) in [4.78, 5) is 4.19. The number of rotatable bonds is 4. The minimum atomic E-state index is 0. The minimum Gasteiger partial charge on any atom is -0.375 e. The van der Waals surface area contributed by atoms with Crippen molar-refractivity contribution >= 4 is 12.4 Å². The molecule has 0 bridgehead atoms. The van der Waals surface area contributed by atoms with Gasteiger partial charge in [0.05, 0.1) is 0 Å². The SMILES string of the molecule is COCc1nc(-c2ccc(CN)cc2)no1.Cl. The third-order valence-electron chi connectivity index (χ3n) is 2.18. The first kappa shape index (κ1) is 13.6. The summed E-state index contributed by atoms with van der Waals surface area (Å²) in [5.74, 6) is 1.04.